The van der Waals surface area contributed by atoms with Gasteiger partial charge in [-0.25, -0.2) is 0 Å². The van der Waals surface area contributed by atoms with Crippen molar-refractivity contribution in [1.29, 1.82) is 0 Å². The van der Waals surface area contributed by atoms with Crippen molar-refractivity contribution >= 4 is 34.3 Å². The number of rotatable bonds is 4. The van der Waals surface area contributed by atoms with E-state index in [0.29, 0.717) is 12.2 Å². The zero-order chi connectivity index (χ0) is 13.1. The van der Waals surface area contributed by atoms with Crippen molar-refractivity contribution in [3.63, 3.8) is 0 Å². The van der Waals surface area contributed by atoms with E-state index in [4.69, 9.17) is 11.6 Å². The standard InChI is InChI=1S/C12H11ClN2O2S/c1-8-4-5-18-12(8)7-14-9-2-3-10(13)11(6-9)15(16)17/h2-6,14H,7H2,1H3. The van der Waals surface area contributed by atoms with Gasteiger partial charge in [0.05, 0.1) is 4.92 Å². The molecule has 1 N–H and O–H groups in total. The molecule has 0 bridgehead atoms. The van der Waals surface area contributed by atoms with E-state index >= 15 is 0 Å². The van der Waals surface area contributed by atoms with Crippen LogP contribution in [0.25, 0.3) is 0 Å². The number of aryl methyl sites for hydroxylation is 1. The molecule has 0 saturated heterocycles. The van der Waals surface area contributed by atoms with Gasteiger partial charge >= 0.3 is 0 Å². The van der Waals surface area contributed by atoms with Gasteiger partial charge in [-0.3, -0.25) is 10.1 Å². The van der Waals surface area contributed by atoms with E-state index in [0.717, 1.165) is 0 Å². The van der Waals surface area contributed by atoms with Gasteiger partial charge in [-0.2, -0.15) is 0 Å². The Hall–Kier alpha value is -1.59. The molecule has 0 aliphatic rings. The molecule has 0 unspecified atom stereocenters. The molecular formula is C12H11ClN2O2S. The Kier molecular flexibility index (Phi) is 3.84. The van der Waals surface area contributed by atoms with Gasteiger partial charge in [0.2, 0.25) is 0 Å². The molecule has 1 aromatic carbocycles. The molecule has 0 spiro atoms. The Morgan fingerprint density at radius 2 is 2.22 bits per heavy atom. The summed E-state index contributed by atoms with van der Waals surface area (Å²) in [5.41, 5.74) is 1.83. The Morgan fingerprint density at radius 3 is 2.83 bits per heavy atom. The zero-order valence-corrected chi connectivity index (χ0v) is 11.2. The molecule has 2 aromatic rings. The highest BCUT2D eigenvalue weighted by Gasteiger charge is 2.12. The first kappa shape index (κ1) is 12.9. The second-order valence-electron chi connectivity index (χ2n) is 3.80. The highest BCUT2D eigenvalue weighted by atomic mass is 35.5. The maximum absolute atomic E-state index is 10.8. The van der Waals surface area contributed by atoms with Gasteiger partial charge in [0.25, 0.3) is 5.69 Å². The van der Waals surface area contributed by atoms with Crippen molar-refractivity contribution in [1.82, 2.24) is 0 Å². The molecule has 4 nitrogen and oxygen atoms in total. The zero-order valence-electron chi connectivity index (χ0n) is 9.64. The maximum Gasteiger partial charge on any atom is 0.289 e. The third-order valence-corrected chi connectivity index (χ3v) is 3.91. The molecule has 2 rings (SSSR count). The van der Waals surface area contributed by atoms with Crippen molar-refractivity contribution in [3.8, 4) is 0 Å². The summed E-state index contributed by atoms with van der Waals surface area (Å²) in [6.07, 6.45) is 0. The molecule has 0 aliphatic heterocycles. The average molecular weight is 283 g/mol. The Balaban J connectivity index is 2.13. The number of anilines is 1. The molecule has 1 heterocycles. The smallest absolute Gasteiger partial charge is 0.289 e. The largest absolute Gasteiger partial charge is 0.380 e. The number of nitrogens with zero attached hydrogens (tertiary/aromatic N) is 1. The van der Waals surface area contributed by atoms with Crippen LogP contribution in [0.2, 0.25) is 5.02 Å². The molecule has 1 aromatic heterocycles. The van der Waals surface area contributed by atoms with Gasteiger partial charge < -0.3 is 5.32 Å². The van der Waals surface area contributed by atoms with Crippen molar-refractivity contribution in [3.05, 3.63) is 55.2 Å². The van der Waals surface area contributed by atoms with Crippen LogP contribution >= 0.6 is 22.9 Å². The maximum atomic E-state index is 10.8. The summed E-state index contributed by atoms with van der Waals surface area (Å²) in [4.78, 5) is 11.5. The normalized spacial score (nSPS) is 10.3. The Labute approximate surface area is 113 Å². The predicted octanol–water partition coefficient (Wildman–Crippen LogP) is 4.23. The van der Waals surface area contributed by atoms with E-state index in [1.807, 2.05) is 18.4 Å². The number of benzene rings is 1. The van der Waals surface area contributed by atoms with Crippen LogP contribution in [0.1, 0.15) is 10.4 Å². The Morgan fingerprint density at radius 1 is 1.44 bits per heavy atom. The monoisotopic (exact) mass is 282 g/mol. The summed E-state index contributed by atoms with van der Waals surface area (Å²) in [7, 11) is 0. The van der Waals surface area contributed by atoms with Crippen LogP contribution in [-0.4, -0.2) is 4.92 Å². The lowest BCUT2D eigenvalue weighted by atomic mass is 10.2. The summed E-state index contributed by atoms with van der Waals surface area (Å²) < 4.78 is 0. The van der Waals surface area contributed by atoms with Crippen LogP contribution in [0.15, 0.2) is 29.6 Å². The number of hydrogen-bond acceptors (Lipinski definition) is 4. The second kappa shape index (κ2) is 5.37. The first-order chi connectivity index (χ1) is 8.58. The van der Waals surface area contributed by atoms with Gasteiger partial charge in [-0.05, 0) is 36.1 Å². The summed E-state index contributed by atoms with van der Waals surface area (Å²) in [5.74, 6) is 0. The minimum atomic E-state index is -0.482. The number of nitrogens with one attached hydrogen (secondary N) is 1. The van der Waals surface area contributed by atoms with Gasteiger partial charge in [0.15, 0.2) is 0 Å². The number of nitro groups is 1. The summed E-state index contributed by atoms with van der Waals surface area (Å²) in [6, 6.07) is 6.76. The minimum Gasteiger partial charge on any atom is -0.380 e. The van der Waals surface area contributed by atoms with Gasteiger partial charge in [0.1, 0.15) is 5.02 Å². The van der Waals surface area contributed by atoms with E-state index in [-0.39, 0.29) is 10.7 Å². The van der Waals surface area contributed by atoms with E-state index in [1.165, 1.54) is 22.6 Å². The molecule has 94 valence electrons. The van der Waals surface area contributed by atoms with E-state index in [2.05, 4.69) is 5.32 Å². The molecule has 0 fully saturated rings. The van der Waals surface area contributed by atoms with Crippen LogP contribution in [0.4, 0.5) is 11.4 Å². The second-order valence-corrected chi connectivity index (χ2v) is 5.21. The fourth-order valence-corrected chi connectivity index (χ4v) is 2.56. The van der Waals surface area contributed by atoms with Gasteiger partial charge in [-0.15, -0.1) is 11.3 Å². The molecular weight excluding hydrogens is 272 g/mol. The first-order valence-corrected chi connectivity index (χ1v) is 6.54. The lowest BCUT2D eigenvalue weighted by Crippen LogP contribution is -1.99. The average Bonchev–Trinajstić information content (AvgIpc) is 2.73. The molecule has 0 radical (unpaired) electrons. The van der Waals surface area contributed by atoms with E-state index in [9.17, 15) is 10.1 Å². The molecule has 18 heavy (non-hydrogen) atoms. The van der Waals surface area contributed by atoms with Gasteiger partial charge in [0, 0.05) is 23.2 Å². The summed E-state index contributed by atoms with van der Waals surface area (Å²) in [6.45, 7) is 2.69. The SMILES string of the molecule is Cc1ccsc1CNc1ccc(Cl)c([N+](=O)[O-])c1. The van der Waals surface area contributed by atoms with Crippen LogP contribution in [-0.2, 0) is 6.54 Å². The molecule has 0 amide bonds. The van der Waals surface area contributed by atoms with Crippen molar-refractivity contribution in [2.24, 2.45) is 0 Å². The quantitative estimate of drug-likeness (QED) is 0.674. The summed E-state index contributed by atoms with van der Waals surface area (Å²) in [5, 5.41) is 16.1. The molecule has 6 heteroatoms. The highest BCUT2D eigenvalue weighted by molar-refractivity contribution is 7.10. The summed E-state index contributed by atoms with van der Waals surface area (Å²) >= 11 is 7.41. The number of hydrogen-bond donors (Lipinski definition) is 1. The first-order valence-electron chi connectivity index (χ1n) is 5.28. The Bertz CT molecular complexity index is 583. The van der Waals surface area contributed by atoms with Crippen molar-refractivity contribution in [2.45, 2.75) is 13.5 Å². The lowest BCUT2D eigenvalue weighted by Gasteiger charge is -2.06. The number of nitro benzene ring substituents is 1. The third kappa shape index (κ3) is 2.80. The fourth-order valence-electron chi connectivity index (χ4n) is 1.53. The number of halogens is 1. The number of thiophene rings is 1. The van der Waals surface area contributed by atoms with Gasteiger partial charge in [-0.1, -0.05) is 11.6 Å². The van der Waals surface area contributed by atoms with Crippen LogP contribution < -0.4 is 5.32 Å². The van der Waals surface area contributed by atoms with Crippen LogP contribution in [0.5, 0.6) is 0 Å². The third-order valence-electron chi connectivity index (χ3n) is 2.56. The predicted molar refractivity (Wildman–Crippen MR) is 74.5 cm³/mol. The van der Waals surface area contributed by atoms with Crippen molar-refractivity contribution in [2.75, 3.05) is 5.32 Å². The fraction of sp³-hybridized carbons (Fsp3) is 0.167. The molecule has 0 aliphatic carbocycles. The van der Waals surface area contributed by atoms with Crippen LogP contribution in [0.3, 0.4) is 0 Å². The topological polar surface area (TPSA) is 55.2 Å². The van der Waals surface area contributed by atoms with Crippen LogP contribution in [0, 0.1) is 17.0 Å². The van der Waals surface area contributed by atoms with Crippen molar-refractivity contribution < 1.29 is 4.92 Å². The van der Waals surface area contributed by atoms with E-state index in [1.54, 1.807) is 17.4 Å². The van der Waals surface area contributed by atoms with E-state index < -0.39 is 4.92 Å². The molecule has 0 atom stereocenters. The molecule has 0 saturated carbocycles. The minimum absolute atomic E-state index is 0.0791. The lowest BCUT2D eigenvalue weighted by molar-refractivity contribution is -0.384. The highest BCUT2D eigenvalue weighted by Crippen LogP contribution is 2.28.